The Morgan fingerprint density at radius 2 is 1.50 bits per heavy atom. The highest BCUT2D eigenvalue weighted by Crippen LogP contribution is 2.47. The first kappa shape index (κ1) is 31.8. The Morgan fingerprint density at radius 3 is 2.14 bits per heavy atom. The summed E-state index contributed by atoms with van der Waals surface area (Å²) in [5.41, 5.74) is 8.29. The zero-order chi connectivity index (χ0) is 30.1. The highest BCUT2D eigenvalue weighted by atomic mass is 32.2. The van der Waals surface area contributed by atoms with E-state index in [0.717, 1.165) is 25.7 Å². The Balaban J connectivity index is 1.68. The van der Waals surface area contributed by atoms with Crippen molar-refractivity contribution in [2.45, 2.75) is 40.4 Å². The average molecular weight is 641 g/mol. The fraction of sp³-hybridized carbons (Fsp3) is 0.292. The summed E-state index contributed by atoms with van der Waals surface area (Å²) < 4.78 is 49.7. The van der Waals surface area contributed by atoms with Gasteiger partial charge >= 0.3 is 0 Å². The lowest BCUT2D eigenvalue weighted by Gasteiger charge is -2.19. The zero-order valence-electron chi connectivity index (χ0n) is 21.6. The monoisotopic (exact) mass is 640 g/mol. The van der Waals surface area contributed by atoms with E-state index in [2.05, 4.69) is 34.1 Å². The van der Waals surface area contributed by atoms with Gasteiger partial charge in [0, 0.05) is 44.4 Å². The molecule has 0 aliphatic rings. The number of carbonyl (C=O) groups excluding carboxylic acids is 1. The van der Waals surface area contributed by atoms with Gasteiger partial charge in [-0.05, 0) is 47.3 Å². The van der Waals surface area contributed by atoms with Gasteiger partial charge in [-0.15, -0.1) is 8.67 Å². The van der Waals surface area contributed by atoms with Gasteiger partial charge < -0.3 is 10.1 Å². The molecule has 4 aromatic rings. The SMILES string of the molecule is [N-]=[N+]=NCCCCCCNC(=O)COc1cc(SOOO)c2ccc3c(SOOO)cc(S(=O)(=O)O)c4ccc1c2c34. The molecule has 15 nitrogen and oxygen atoms in total. The standard InChI is InChI=1S/C24H24N4O11S3/c25-28-27-10-4-2-1-3-9-26-22(29)13-35-18-11-19(40-38-36-30)15-6-7-16-20(41-39-37-31)12-21(42(32,33)34)17-8-5-14(18)23(15)24(16)17/h5-8,11-12,30-31H,1-4,9-10,13H2,(H,26,29)(H,32,33,34). The number of carbonyl (C=O) groups is 1. The molecule has 0 unspecified atom stereocenters. The molecule has 0 spiro atoms. The number of hydrogen-bond acceptors (Lipinski definition) is 13. The number of amides is 1. The summed E-state index contributed by atoms with van der Waals surface area (Å²) in [5, 5.41) is 33.7. The van der Waals surface area contributed by atoms with Crippen molar-refractivity contribution in [3.63, 3.8) is 0 Å². The van der Waals surface area contributed by atoms with Gasteiger partial charge in [0.2, 0.25) is 0 Å². The van der Waals surface area contributed by atoms with Gasteiger partial charge in [0.05, 0.1) is 29.0 Å². The molecule has 4 rings (SSSR count). The fourth-order valence-corrected chi connectivity index (χ4v) is 6.41. The molecule has 1 amide bonds. The van der Waals surface area contributed by atoms with E-state index in [1.165, 1.54) is 12.1 Å². The van der Waals surface area contributed by atoms with Crippen LogP contribution in [-0.2, 0) is 33.7 Å². The molecule has 0 saturated heterocycles. The maximum atomic E-state index is 12.5. The molecule has 4 N–H and O–H groups in total. The lowest BCUT2D eigenvalue weighted by Crippen LogP contribution is -2.29. The van der Waals surface area contributed by atoms with Crippen LogP contribution in [0.25, 0.3) is 42.8 Å². The summed E-state index contributed by atoms with van der Waals surface area (Å²) in [6.45, 7) is 0.540. The predicted octanol–water partition coefficient (Wildman–Crippen LogP) is 6.05. The molecule has 0 aromatic heterocycles. The first-order valence-electron chi connectivity index (χ1n) is 12.3. The van der Waals surface area contributed by atoms with Crippen molar-refractivity contribution >= 4 is 72.4 Å². The van der Waals surface area contributed by atoms with Crippen LogP contribution in [0.2, 0.25) is 0 Å². The summed E-state index contributed by atoms with van der Waals surface area (Å²) in [7, 11) is -4.71. The summed E-state index contributed by atoms with van der Waals surface area (Å²) >= 11 is 1.17. The molecular formula is C24H24N4O11S3. The van der Waals surface area contributed by atoms with Crippen molar-refractivity contribution < 1.29 is 51.8 Å². The van der Waals surface area contributed by atoms with Crippen LogP contribution in [-0.4, -0.2) is 49.1 Å². The molecule has 0 radical (unpaired) electrons. The van der Waals surface area contributed by atoms with E-state index in [9.17, 15) is 17.8 Å². The third-order valence-electron chi connectivity index (χ3n) is 6.26. The van der Waals surface area contributed by atoms with Crippen LogP contribution < -0.4 is 10.1 Å². The summed E-state index contributed by atoms with van der Waals surface area (Å²) in [6.07, 6.45) is 3.23. The topological polar surface area (TPSA) is 219 Å². The molecule has 0 bridgehead atoms. The minimum Gasteiger partial charge on any atom is -0.483 e. The van der Waals surface area contributed by atoms with Crippen molar-refractivity contribution in [2.24, 2.45) is 5.11 Å². The summed E-state index contributed by atoms with van der Waals surface area (Å²) in [5.74, 6) is -0.122. The van der Waals surface area contributed by atoms with Gasteiger partial charge in [0.15, 0.2) is 6.61 Å². The van der Waals surface area contributed by atoms with Gasteiger partial charge in [-0.25, -0.2) is 10.5 Å². The van der Waals surface area contributed by atoms with Crippen LogP contribution in [0.15, 0.2) is 56.2 Å². The lowest BCUT2D eigenvalue weighted by molar-refractivity contribution is -0.432. The number of unbranched alkanes of at least 4 members (excludes halogenated alkanes) is 3. The predicted molar refractivity (Wildman–Crippen MR) is 152 cm³/mol. The van der Waals surface area contributed by atoms with Crippen LogP contribution in [0.4, 0.5) is 0 Å². The zero-order valence-corrected chi connectivity index (χ0v) is 24.0. The minimum atomic E-state index is -4.71. The molecule has 0 aliphatic carbocycles. The van der Waals surface area contributed by atoms with Gasteiger partial charge in [0.25, 0.3) is 16.0 Å². The second kappa shape index (κ2) is 14.9. The molecule has 0 fully saturated rings. The van der Waals surface area contributed by atoms with E-state index < -0.39 is 15.0 Å². The van der Waals surface area contributed by atoms with E-state index in [-0.39, 0.29) is 28.5 Å². The van der Waals surface area contributed by atoms with Crippen molar-refractivity contribution in [3.05, 3.63) is 46.8 Å². The molecule has 4 aromatic carbocycles. The van der Waals surface area contributed by atoms with E-state index >= 15 is 0 Å². The first-order chi connectivity index (χ1) is 20.3. The van der Waals surface area contributed by atoms with E-state index in [0.29, 0.717) is 69.0 Å². The summed E-state index contributed by atoms with van der Waals surface area (Å²) in [6, 6.07) is 9.22. The Hall–Kier alpha value is -3.13. The molecule has 42 heavy (non-hydrogen) atoms. The maximum Gasteiger partial charge on any atom is 0.295 e. The summed E-state index contributed by atoms with van der Waals surface area (Å²) in [4.78, 5) is 15.4. The van der Waals surface area contributed by atoms with Gasteiger partial charge in [0.1, 0.15) is 10.6 Å². The molecule has 0 atom stereocenters. The Morgan fingerprint density at radius 1 is 0.905 bits per heavy atom. The van der Waals surface area contributed by atoms with E-state index in [1.807, 2.05) is 0 Å². The fourth-order valence-electron chi connectivity index (χ4n) is 4.57. The maximum absolute atomic E-state index is 12.5. The van der Waals surface area contributed by atoms with Gasteiger partial charge in [-0.1, -0.05) is 46.2 Å². The molecule has 0 heterocycles. The van der Waals surface area contributed by atoms with Crippen LogP contribution in [0.1, 0.15) is 25.7 Å². The molecule has 18 heteroatoms. The molecule has 0 aliphatic heterocycles. The third-order valence-corrected chi connectivity index (χ3v) is 8.45. The normalized spacial score (nSPS) is 11.8. The van der Waals surface area contributed by atoms with Crippen LogP contribution in [0.5, 0.6) is 5.75 Å². The number of nitrogens with zero attached hydrogens (tertiary/aromatic N) is 3. The third kappa shape index (κ3) is 7.44. The van der Waals surface area contributed by atoms with Crippen molar-refractivity contribution in [1.82, 2.24) is 5.32 Å². The van der Waals surface area contributed by atoms with Crippen LogP contribution >= 0.6 is 24.1 Å². The van der Waals surface area contributed by atoms with Crippen molar-refractivity contribution in [2.75, 3.05) is 19.7 Å². The number of benzene rings is 4. The molecule has 0 saturated carbocycles. The smallest absolute Gasteiger partial charge is 0.295 e. The molecular weight excluding hydrogens is 616 g/mol. The average Bonchev–Trinajstić information content (AvgIpc) is 2.97. The van der Waals surface area contributed by atoms with E-state index in [1.54, 1.807) is 24.3 Å². The van der Waals surface area contributed by atoms with Gasteiger partial charge in [-0.3, -0.25) is 9.35 Å². The van der Waals surface area contributed by atoms with Crippen LogP contribution in [0, 0.1) is 0 Å². The number of hydrogen-bond donors (Lipinski definition) is 4. The Kier molecular flexibility index (Phi) is 11.2. The quantitative estimate of drug-likeness (QED) is 0.0119. The highest BCUT2D eigenvalue weighted by Gasteiger charge is 2.24. The number of nitrogens with one attached hydrogen (secondary N) is 1. The number of azide groups is 1. The van der Waals surface area contributed by atoms with Crippen molar-refractivity contribution in [3.8, 4) is 5.75 Å². The molecule has 224 valence electrons. The second-order valence-electron chi connectivity index (χ2n) is 8.75. The Bertz CT molecular complexity index is 1720. The van der Waals surface area contributed by atoms with E-state index in [4.69, 9.17) is 20.8 Å². The first-order valence-corrected chi connectivity index (χ1v) is 15.2. The highest BCUT2D eigenvalue weighted by molar-refractivity contribution is 7.95. The second-order valence-corrected chi connectivity index (χ2v) is 11.6. The minimum absolute atomic E-state index is 0.185. The number of rotatable bonds is 17. The van der Waals surface area contributed by atoms with Gasteiger partial charge in [-0.2, -0.15) is 8.42 Å². The number of ether oxygens (including phenoxy) is 1. The van der Waals surface area contributed by atoms with Crippen LogP contribution in [0.3, 0.4) is 0 Å². The van der Waals surface area contributed by atoms with Crippen molar-refractivity contribution in [1.29, 1.82) is 0 Å². The largest absolute Gasteiger partial charge is 0.483 e. The Labute approximate surface area is 246 Å². The lowest BCUT2D eigenvalue weighted by atomic mass is 9.93.